The highest BCUT2D eigenvalue weighted by Gasteiger charge is 2.25. The Morgan fingerprint density at radius 3 is 3.13 bits per heavy atom. The van der Waals surface area contributed by atoms with Gasteiger partial charge in [0.15, 0.2) is 6.26 Å². The second kappa shape index (κ2) is 3.16. The highest BCUT2D eigenvalue weighted by atomic mass is 32.1. The molecule has 0 amide bonds. The molecule has 0 saturated carbocycles. The van der Waals surface area contributed by atoms with Gasteiger partial charge in [-0.25, -0.2) is 0 Å². The molecule has 0 aromatic carbocycles. The average Bonchev–Trinajstić information content (AvgIpc) is 3.01. The third-order valence-corrected chi connectivity index (χ3v) is 2.11. The molecule has 9 nitrogen and oxygen atoms in total. The van der Waals surface area contributed by atoms with Crippen LogP contribution in [0.25, 0.3) is 0 Å². The maximum Gasteiger partial charge on any atom is 0.224 e. The molecule has 0 spiro atoms. The Morgan fingerprint density at radius 1 is 1.40 bits per heavy atom. The molecule has 0 atom stereocenters. The number of hydrogen-bond donors (Lipinski definition) is 1. The van der Waals surface area contributed by atoms with Crippen LogP contribution in [0.15, 0.2) is 21.3 Å². The van der Waals surface area contributed by atoms with Gasteiger partial charge in [-0.3, -0.25) is 0 Å². The topological polar surface area (TPSA) is 95.6 Å². The molecule has 3 heterocycles. The van der Waals surface area contributed by atoms with Crippen molar-refractivity contribution in [2.24, 2.45) is 5.10 Å². The lowest BCUT2D eigenvalue weighted by Crippen LogP contribution is -2.43. The Bertz CT molecular complexity index is 451. The van der Waals surface area contributed by atoms with E-state index < -0.39 is 0 Å². The third-order valence-electron chi connectivity index (χ3n) is 1.62. The van der Waals surface area contributed by atoms with Gasteiger partial charge in [-0.2, -0.15) is 10.5 Å². The van der Waals surface area contributed by atoms with Gasteiger partial charge in [0.2, 0.25) is 18.0 Å². The van der Waals surface area contributed by atoms with Crippen molar-refractivity contribution in [3.63, 3.8) is 0 Å². The van der Waals surface area contributed by atoms with Gasteiger partial charge in [0, 0.05) is 5.27 Å². The number of hydrazone groups is 1. The summed E-state index contributed by atoms with van der Waals surface area (Å²) in [5.74, 6) is 1.02. The Morgan fingerprint density at radius 2 is 2.40 bits per heavy atom. The lowest BCUT2D eigenvalue weighted by molar-refractivity contribution is 0.393. The van der Waals surface area contributed by atoms with Crippen molar-refractivity contribution >= 4 is 29.5 Å². The fourth-order valence-electron chi connectivity index (χ4n) is 1.02. The Balaban J connectivity index is 1.92. The van der Waals surface area contributed by atoms with Crippen molar-refractivity contribution in [3.05, 3.63) is 11.6 Å². The van der Waals surface area contributed by atoms with Gasteiger partial charge in [-0.05, 0) is 11.5 Å². The van der Waals surface area contributed by atoms with Gasteiger partial charge in [0.25, 0.3) is 0 Å². The highest BCUT2D eigenvalue weighted by Crippen LogP contribution is 2.18. The SMILES string of the molecule is [C]1=NNN(c2csnn2)N1c1conn1. The van der Waals surface area contributed by atoms with Crippen LogP contribution in [-0.2, 0) is 0 Å². The van der Waals surface area contributed by atoms with Crippen LogP contribution in [0.3, 0.4) is 0 Å². The molecule has 0 saturated heterocycles. The fourth-order valence-corrected chi connectivity index (χ4v) is 1.44. The summed E-state index contributed by atoms with van der Waals surface area (Å²) in [7, 11) is 0. The highest BCUT2D eigenvalue weighted by molar-refractivity contribution is 7.03. The van der Waals surface area contributed by atoms with Gasteiger partial charge < -0.3 is 4.52 Å². The van der Waals surface area contributed by atoms with E-state index in [1.165, 1.54) is 27.9 Å². The summed E-state index contributed by atoms with van der Waals surface area (Å²) in [5.41, 5.74) is 2.67. The molecular formula is C5H3N8OS. The molecule has 1 aliphatic rings. The minimum absolute atomic E-state index is 0.441. The Labute approximate surface area is 87.1 Å². The maximum absolute atomic E-state index is 4.62. The molecule has 2 aromatic heterocycles. The molecular weight excluding hydrogens is 220 g/mol. The number of rotatable bonds is 2. The molecule has 15 heavy (non-hydrogen) atoms. The molecule has 0 fully saturated rings. The Hall–Kier alpha value is -2.23. The number of aromatic nitrogens is 4. The van der Waals surface area contributed by atoms with E-state index in [0.29, 0.717) is 11.6 Å². The molecule has 3 rings (SSSR count). The molecule has 1 N–H and O–H groups in total. The number of hydrogen-bond acceptors (Lipinski definition) is 10. The lowest BCUT2D eigenvalue weighted by atomic mass is 10.7. The normalized spacial score (nSPS) is 14.7. The predicted octanol–water partition coefficient (Wildman–Crippen LogP) is -0.512. The first-order chi connectivity index (χ1) is 7.45. The first-order valence-corrected chi connectivity index (χ1v) is 4.64. The fraction of sp³-hybridized carbons (Fsp3) is 0. The molecule has 75 valence electrons. The lowest BCUT2D eigenvalue weighted by Gasteiger charge is -2.21. The molecule has 0 aliphatic carbocycles. The van der Waals surface area contributed by atoms with Gasteiger partial charge in [0.1, 0.15) is 0 Å². The van der Waals surface area contributed by atoms with Crippen LogP contribution in [0, 0.1) is 0 Å². The summed E-state index contributed by atoms with van der Waals surface area (Å²) in [6.07, 6.45) is 4.01. The summed E-state index contributed by atoms with van der Waals surface area (Å²) in [6, 6.07) is 0. The van der Waals surface area contributed by atoms with Gasteiger partial charge in [0.05, 0.1) is 5.38 Å². The molecule has 1 aliphatic heterocycles. The zero-order valence-electron chi connectivity index (χ0n) is 7.10. The zero-order valence-corrected chi connectivity index (χ0v) is 7.92. The van der Waals surface area contributed by atoms with Crippen molar-refractivity contribution in [2.75, 3.05) is 10.1 Å². The zero-order chi connectivity index (χ0) is 10.1. The van der Waals surface area contributed by atoms with Crippen LogP contribution in [0.2, 0.25) is 0 Å². The standard InChI is InChI=1S/C5H3N8OS/c1-4(7-10-14-1)12-3-6-9-13(12)5-2-15-11-8-5/h1-2,9H. The largest absolute Gasteiger partial charge is 0.343 e. The van der Waals surface area contributed by atoms with E-state index in [1.54, 1.807) is 5.38 Å². The van der Waals surface area contributed by atoms with E-state index in [1.807, 2.05) is 0 Å². The van der Waals surface area contributed by atoms with Crippen LogP contribution < -0.4 is 15.7 Å². The van der Waals surface area contributed by atoms with E-state index in [2.05, 4.69) is 41.5 Å². The summed E-state index contributed by atoms with van der Waals surface area (Å²) in [4.78, 5) is 0. The van der Waals surface area contributed by atoms with Gasteiger partial charge in [-0.15, -0.1) is 15.3 Å². The van der Waals surface area contributed by atoms with E-state index in [9.17, 15) is 0 Å². The van der Waals surface area contributed by atoms with Crippen LogP contribution >= 0.6 is 11.5 Å². The van der Waals surface area contributed by atoms with E-state index in [4.69, 9.17) is 0 Å². The minimum Gasteiger partial charge on any atom is -0.343 e. The molecule has 0 bridgehead atoms. The van der Waals surface area contributed by atoms with Crippen molar-refractivity contribution in [3.8, 4) is 0 Å². The third kappa shape index (κ3) is 1.27. The summed E-state index contributed by atoms with van der Waals surface area (Å²) in [6.45, 7) is 0. The monoisotopic (exact) mass is 223 g/mol. The van der Waals surface area contributed by atoms with Crippen molar-refractivity contribution in [1.29, 1.82) is 0 Å². The Kier molecular flexibility index (Phi) is 1.71. The molecule has 0 unspecified atom stereocenters. The van der Waals surface area contributed by atoms with Gasteiger partial charge in [-0.1, -0.05) is 9.59 Å². The first kappa shape index (κ1) is 8.11. The molecule has 1 radical (unpaired) electrons. The second-order valence-electron chi connectivity index (χ2n) is 2.46. The second-order valence-corrected chi connectivity index (χ2v) is 3.07. The van der Waals surface area contributed by atoms with E-state index in [-0.39, 0.29) is 0 Å². The predicted molar refractivity (Wildman–Crippen MR) is 49.7 cm³/mol. The van der Waals surface area contributed by atoms with Crippen molar-refractivity contribution < 1.29 is 4.52 Å². The minimum atomic E-state index is 0.441. The molecule has 10 heteroatoms. The van der Waals surface area contributed by atoms with E-state index >= 15 is 0 Å². The maximum atomic E-state index is 4.62. The van der Waals surface area contributed by atoms with Crippen LogP contribution in [0.1, 0.15) is 0 Å². The summed E-state index contributed by atoms with van der Waals surface area (Å²) in [5, 5.41) is 19.4. The smallest absolute Gasteiger partial charge is 0.224 e. The van der Waals surface area contributed by atoms with Crippen LogP contribution in [0.4, 0.5) is 11.6 Å². The molecule has 2 aromatic rings. The number of nitrogens with zero attached hydrogens (tertiary/aromatic N) is 7. The van der Waals surface area contributed by atoms with Crippen molar-refractivity contribution in [2.45, 2.75) is 0 Å². The number of nitrogens with one attached hydrogen (secondary N) is 1. The van der Waals surface area contributed by atoms with Gasteiger partial charge >= 0.3 is 0 Å². The number of hydrazine groups is 2. The first-order valence-electron chi connectivity index (χ1n) is 3.80. The quantitative estimate of drug-likeness (QED) is 0.727. The van der Waals surface area contributed by atoms with Crippen LogP contribution in [-0.4, -0.2) is 26.3 Å². The summed E-state index contributed by atoms with van der Waals surface area (Å²) >= 11 is 1.23. The summed E-state index contributed by atoms with van der Waals surface area (Å²) < 4.78 is 8.36. The van der Waals surface area contributed by atoms with Crippen LogP contribution in [0.5, 0.6) is 0 Å². The number of anilines is 2. The average molecular weight is 223 g/mol. The van der Waals surface area contributed by atoms with E-state index in [0.717, 1.165) is 0 Å². The van der Waals surface area contributed by atoms with Crippen molar-refractivity contribution in [1.82, 2.24) is 25.5 Å².